The van der Waals surface area contributed by atoms with E-state index >= 15 is 0 Å². The zero-order valence-corrected chi connectivity index (χ0v) is 27.9. The second-order valence-corrected chi connectivity index (χ2v) is 12.8. The van der Waals surface area contributed by atoms with E-state index in [1.165, 1.54) is 7.11 Å². The summed E-state index contributed by atoms with van der Waals surface area (Å²) in [7, 11) is 1.26. The number of hydrogen-bond donors (Lipinski definition) is 3. The monoisotopic (exact) mass is 655 g/mol. The lowest BCUT2D eigenvalue weighted by atomic mass is 9.90. The summed E-state index contributed by atoms with van der Waals surface area (Å²) >= 11 is 0. The van der Waals surface area contributed by atoms with E-state index in [2.05, 4.69) is 29.8 Å². The van der Waals surface area contributed by atoms with Crippen LogP contribution in [0.15, 0.2) is 42.5 Å². The van der Waals surface area contributed by atoms with Gasteiger partial charge in [-0.1, -0.05) is 56.3 Å². The predicted octanol–water partition coefficient (Wildman–Crippen LogP) is 5.11. The van der Waals surface area contributed by atoms with Gasteiger partial charge in [-0.2, -0.15) is 0 Å². The lowest BCUT2D eigenvalue weighted by Gasteiger charge is -2.47. The van der Waals surface area contributed by atoms with Crippen LogP contribution in [0.4, 0.5) is 9.59 Å². The van der Waals surface area contributed by atoms with Crippen LogP contribution in [-0.2, 0) is 39.8 Å². The van der Waals surface area contributed by atoms with Gasteiger partial charge < -0.3 is 39.6 Å². The van der Waals surface area contributed by atoms with Crippen LogP contribution in [0.3, 0.4) is 0 Å². The normalized spacial score (nSPS) is 23.1. The molecule has 0 radical (unpaired) electrons. The summed E-state index contributed by atoms with van der Waals surface area (Å²) in [5.41, 5.74) is 0.972. The first-order valence-corrected chi connectivity index (χ1v) is 16.6. The Kier molecular flexibility index (Phi) is 13.2. The summed E-state index contributed by atoms with van der Waals surface area (Å²) in [5.74, 6) is -1.46. The van der Waals surface area contributed by atoms with Crippen molar-refractivity contribution < 1.29 is 42.9 Å². The van der Waals surface area contributed by atoms with E-state index in [4.69, 9.17) is 23.7 Å². The van der Waals surface area contributed by atoms with Crippen molar-refractivity contribution in [1.82, 2.24) is 16.0 Å². The molecule has 3 N–H and O–H groups in total. The number of ether oxygens (including phenoxy) is 5. The minimum absolute atomic E-state index is 0.0636. The fourth-order valence-corrected chi connectivity index (χ4v) is 6.10. The van der Waals surface area contributed by atoms with Crippen LogP contribution in [0.1, 0.15) is 77.7 Å². The molecule has 2 fully saturated rings. The molecule has 12 nitrogen and oxygen atoms in total. The van der Waals surface area contributed by atoms with Gasteiger partial charge in [0.15, 0.2) is 5.79 Å². The van der Waals surface area contributed by atoms with Crippen LogP contribution in [0.5, 0.6) is 0 Å². The molecule has 2 aliphatic rings. The fraction of sp³-hybridized carbons (Fsp3) is 0.600. The lowest BCUT2D eigenvalue weighted by molar-refractivity contribution is -0.329. The van der Waals surface area contributed by atoms with Gasteiger partial charge in [0.05, 0.1) is 19.3 Å². The van der Waals surface area contributed by atoms with Crippen LogP contribution in [0.2, 0.25) is 0 Å². The molecule has 0 saturated carbocycles. The molecule has 3 amide bonds. The smallest absolute Gasteiger partial charge is 0.407 e. The Bertz CT molecular complexity index is 1360. The van der Waals surface area contributed by atoms with Crippen molar-refractivity contribution in [2.24, 2.45) is 5.92 Å². The Morgan fingerprint density at radius 1 is 0.979 bits per heavy atom. The van der Waals surface area contributed by atoms with E-state index in [9.17, 15) is 19.2 Å². The summed E-state index contributed by atoms with van der Waals surface area (Å²) in [5, 5.41) is 10.4. The predicted molar refractivity (Wildman–Crippen MR) is 174 cm³/mol. The highest BCUT2D eigenvalue weighted by molar-refractivity contribution is 5.86. The van der Waals surface area contributed by atoms with Gasteiger partial charge in [-0.05, 0) is 54.9 Å². The Balaban J connectivity index is 1.38. The number of carbonyl (C=O) groups is 4. The average Bonchev–Trinajstić information content (AvgIpc) is 3.04. The molecule has 0 unspecified atom stereocenters. The third-order valence-electron chi connectivity index (χ3n) is 8.50. The van der Waals surface area contributed by atoms with Gasteiger partial charge in [-0.25, -0.2) is 14.4 Å². The first kappa shape index (κ1) is 35.9. The van der Waals surface area contributed by atoms with E-state index < -0.39 is 48.3 Å². The number of rotatable bonds is 13. The minimum atomic E-state index is -1.07. The standard InChI is InChI=1S/C35H49N3O9/c1-23(2)16-18-36-33(41)44-22-28-12-8-17-35(47-28)20-29(19-27(46-35)14-15-31(39)38-24(3)32(40)43-4)45-34(42)37-21-26-11-7-10-25-9-5-6-13-30(25)26/h5-7,9-11,13,23-24,27-29H,8,12,14-22H2,1-4H3,(H,36,41)(H,37,42)(H,38,39)/t24-,27+,28+,29+,35-/m0/s1. The maximum atomic E-state index is 13.1. The van der Waals surface area contributed by atoms with Crippen LogP contribution in [0.25, 0.3) is 10.8 Å². The maximum Gasteiger partial charge on any atom is 0.407 e. The molecule has 0 aromatic heterocycles. The Hall–Kier alpha value is -3.90. The number of amides is 3. The molecule has 4 rings (SSSR count). The largest absolute Gasteiger partial charge is 0.467 e. The lowest BCUT2D eigenvalue weighted by Crippen LogP contribution is -2.53. The quantitative estimate of drug-likeness (QED) is 0.198. The zero-order chi connectivity index (χ0) is 33.8. The molecule has 2 saturated heterocycles. The van der Waals surface area contributed by atoms with Crippen LogP contribution in [0, 0.1) is 5.92 Å². The molecule has 2 aromatic carbocycles. The van der Waals surface area contributed by atoms with Crippen LogP contribution >= 0.6 is 0 Å². The molecule has 2 heterocycles. The molecule has 0 bridgehead atoms. The Labute approximate surface area is 276 Å². The summed E-state index contributed by atoms with van der Waals surface area (Å²) in [6.45, 7) is 6.62. The maximum absolute atomic E-state index is 13.1. The third-order valence-corrected chi connectivity index (χ3v) is 8.50. The zero-order valence-electron chi connectivity index (χ0n) is 27.9. The third kappa shape index (κ3) is 11.1. The van der Waals surface area contributed by atoms with Gasteiger partial charge in [0.2, 0.25) is 5.91 Å². The Morgan fingerprint density at radius 3 is 2.53 bits per heavy atom. The number of nitrogens with one attached hydrogen (secondary N) is 3. The number of methoxy groups -OCH3 is 1. The highest BCUT2D eigenvalue weighted by atomic mass is 16.7. The first-order chi connectivity index (χ1) is 22.6. The van der Waals surface area contributed by atoms with Crippen LogP contribution in [-0.4, -0.2) is 74.5 Å². The number of alkyl carbamates (subject to hydrolysis) is 2. The Morgan fingerprint density at radius 2 is 1.74 bits per heavy atom. The van der Waals surface area contributed by atoms with Crippen molar-refractivity contribution in [2.45, 2.75) is 109 Å². The summed E-state index contributed by atoms with van der Waals surface area (Å²) in [6.07, 6.45) is 1.47. The molecule has 2 aromatic rings. The van der Waals surface area contributed by atoms with E-state index in [-0.39, 0.29) is 18.9 Å². The van der Waals surface area contributed by atoms with E-state index in [1.54, 1.807) is 6.92 Å². The van der Waals surface area contributed by atoms with E-state index in [0.717, 1.165) is 29.2 Å². The average molecular weight is 656 g/mol. The number of hydrogen-bond acceptors (Lipinski definition) is 9. The molecule has 1 spiro atoms. The van der Waals surface area contributed by atoms with E-state index in [0.29, 0.717) is 51.1 Å². The van der Waals surface area contributed by atoms with Crippen molar-refractivity contribution in [3.05, 3.63) is 48.0 Å². The van der Waals surface area contributed by atoms with Gasteiger partial charge in [-0.3, -0.25) is 4.79 Å². The SMILES string of the molecule is COC(=O)[C@H](C)NC(=O)CC[C@@H]1C[C@@H](OC(=O)NCc2cccc3ccccc23)C[C@@]2(CCC[C@H](COC(=O)NCCC(C)C)O2)O1. The number of benzene rings is 2. The molecular weight excluding hydrogens is 606 g/mol. The van der Waals surface area contributed by atoms with Crippen molar-refractivity contribution in [1.29, 1.82) is 0 Å². The van der Waals surface area contributed by atoms with Gasteiger partial charge in [0, 0.05) is 38.8 Å². The molecule has 47 heavy (non-hydrogen) atoms. The first-order valence-electron chi connectivity index (χ1n) is 16.6. The van der Waals surface area contributed by atoms with Crippen molar-refractivity contribution in [3.63, 3.8) is 0 Å². The van der Waals surface area contributed by atoms with Crippen molar-refractivity contribution >= 4 is 34.8 Å². The van der Waals surface area contributed by atoms with Crippen LogP contribution < -0.4 is 16.0 Å². The van der Waals surface area contributed by atoms with Gasteiger partial charge >= 0.3 is 18.2 Å². The second kappa shape index (κ2) is 17.3. The molecular formula is C35H49N3O9. The summed E-state index contributed by atoms with van der Waals surface area (Å²) in [4.78, 5) is 49.7. The summed E-state index contributed by atoms with van der Waals surface area (Å²) in [6, 6.07) is 13.1. The highest BCUT2D eigenvalue weighted by Gasteiger charge is 2.47. The van der Waals surface area contributed by atoms with Gasteiger partial charge in [-0.15, -0.1) is 0 Å². The molecule has 12 heteroatoms. The van der Waals surface area contributed by atoms with Crippen molar-refractivity contribution in [2.75, 3.05) is 20.3 Å². The molecule has 2 aliphatic heterocycles. The number of fused-ring (bicyclic) bond motifs is 1. The number of esters is 1. The van der Waals surface area contributed by atoms with Gasteiger partial charge in [0.1, 0.15) is 18.8 Å². The molecule has 258 valence electrons. The molecule has 5 atom stereocenters. The topological polar surface area (TPSA) is 151 Å². The number of carbonyl (C=O) groups excluding carboxylic acids is 4. The highest BCUT2D eigenvalue weighted by Crippen LogP contribution is 2.41. The minimum Gasteiger partial charge on any atom is -0.467 e. The molecule has 0 aliphatic carbocycles. The summed E-state index contributed by atoms with van der Waals surface area (Å²) < 4.78 is 29.0. The van der Waals surface area contributed by atoms with E-state index in [1.807, 2.05) is 42.5 Å². The van der Waals surface area contributed by atoms with Crippen molar-refractivity contribution in [3.8, 4) is 0 Å². The fourth-order valence-electron chi connectivity index (χ4n) is 6.10. The van der Waals surface area contributed by atoms with Gasteiger partial charge in [0.25, 0.3) is 0 Å². The second-order valence-electron chi connectivity index (χ2n) is 12.8.